The van der Waals surface area contributed by atoms with Gasteiger partial charge in [0.15, 0.2) is 0 Å². The Bertz CT molecular complexity index is 418. The van der Waals surface area contributed by atoms with Crippen molar-refractivity contribution in [2.45, 2.75) is 26.4 Å². The first-order chi connectivity index (χ1) is 8.70. The highest BCUT2D eigenvalue weighted by Gasteiger charge is 2.26. The lowest BCUT2D eigenvalue weighted by molar-refractivity contribution is -0.133. The quantitative estimate of drug-likeness (QED) is 0.894. The third-order valence-electron chi connectivity index (χ3n) is 3.01. The predicted octanol–water partition coefficient (Wildman–Crippen LogP) is 1.40. The van der Waals surface area contributed by atoms with Gasteiger partial charge in [-0.2, -0.15) is 0 Å². The van der Waals surface area contributed by atoms with Gasteiger partial charge in [-0.05, 0) is 26.0 Å². The summed E-state index contributed by atoms with van der Waals surface area (Å²) in [6.45, 7) is 5.30. The molecule has 5 heteroatoms. The molecule has 4 nitrogen and oxygen atoms in total. The predicted molar refractivity (Wildman–Crippen MR) is 74.3 cm³/mol. The largest absolute Gasteiger partial charge is 0.336 e. The third-order valence-corrected chi connectivity index (χ3v) is 3.95. The maximum atomic E-state index is 12.3. The number of amides is 1. The standard InChI is InChI=1S/C13H19N3OS/c1-3-16(13(17)12-8-18-9-14-12)7-11-6-4-5-10(2)15-11/h4-6,12,14H,3,7-9H2,1-2H3. The van der Waals surface area contributed by atoms with E-state index in [1.807, 2.05) is 36.9 Å². The second-order valence-electron chi connectivity index (χ2n) is 4.39. The van der Waals surface area contributed by atoms with Crippen LogP contribution in [0.15, 0.2) is 18.2 Å². The Balaban J connectivity index is 2.02. The van der Waals surface area contributed by atoms with Crippen molar-refractivity contribution in [2.75, 3.05) is 18.2 Å². The number of carbonyl (C=O) groups is 1. The number of aromatic nitrogens is 1. The molecule has 2 heterocycles. The number of pyridine rings is 1. The molecule has 1 saturated heterocycles. The minimum atomic E-state index is -0.0280. The van der Waals surface area contributed by atoms with Crippen LogP contribution >= 0.6 is 11.8 Å². The lowest BCUT2D eigenvalue weighted by atomic mass is 10.2. The second-order valence-corrected chi connectivity index (χ2v) is 5.42. The summed E-state index contributed by atoms with van der Waals surface area (Å²) in [5.74, 6) is 1.93. The van der Waals surface area contributed by atoms with Crippen LogP contribution in [0.3, 0.4) is 0 Å². The molecule has 0 saturated carbocycles. The van der Waals surface area contributed by atoms with Gasteiger partial charge in [0, 0.05) is 23.9 Å². The maximum Gasteiger partial charge on any atom is 0.240 e. The number of carbonyl (C=O) groups excluding carboxylic acids is 1. The Labute approximate surface area is 112 Å². The highest BCUT2D eigenvalue weighted by molar-refractivity contribution is 7.99. The average molecular weight is 265 g/mol. The fourth-order valence-electron chi connectivity index (χ4n) is 2.00. The van der Waals surface area contributed by atoms with Crippen molar-refractivity contribution in [1.29, 1.82) is 0 Å². The third kappa shape index (κ3) is 3.23. The minimum Gasteiger partial charge on any atom is -0.336 e. The Morgan fingerprint density at radius 2 is 2.44 bits per heavy atom. The fraction of sp³-hybridized carbons (Fsp3) is 0.538. The van der Waals surface area contributed by atoms with Crippen molar-refractivity contribution in [1.82, 2.24) is 15.2 Å². The Kier molecular flexibility index (Phi) is 4.60. The zero-order chi connectivity index (χ0) is 13.0. The Morgan fingerprint density at radius 1 is 1.61 bits per heavy atom. The molecule has 1 aliphatic rings. The normalized spacial score (nSPS) is 18.9. The van der Waals surface area contributed by atoms with E-state index in [-0.39, 0.29) is 11.9 Å². The van der Waals surface area contributed by atoms with Gasteiger partial charge in [-0.3, -0.25) is 15.1 Å². The van der Waals surface area contributed by atoms with Crippen LogP contribution in [0.25, 0.3) is 0 Å². The molecule has 0 aromatic carbocycles. The molecule has 0 spiro atoms. The van der Waals surface area contributed by atoms with E-state index in [1.165, 1.54) is 0 Å². The molecule has 1 aromatic rings. The molecule has 1 aromatic heterocycles. The van der Waals surface area contributed by atoms with E-state index >= 15 is 0 Å². The number of nitrogens with zero attached hydrogens (tertiary/aromatic N) is 2. The summed E-state index contributed by atoms with van der Waals surface area (Å²) in [5, 5.41) is 3.22. The minimum absolute atomic E-state index is 0.0280. The van der Waals surface area contributed by atoms with Crippen LogP contribution < -0.4 is 5.32 Å². The molecule has 98 valence electrons. The van der Waals surface area contributed by atoms with E-state index in [2.05, 4.69) is 10.3 Å². The SMILES string of the molecule is CCN(Cc1cccc(C)n1)C(=O)C1CSCN1. The molecule has 1 aliphatic heterocycles. The fourth-order valence-corrected chi connectivity index (χ4v) is 2.94. The first kappa shape index (κ1) is 13.4. The van der Waals surface area contributed by atoms with Gasteiger partial charge in [0.2, 0.25) is 5.91 Å². The average Bonchev–Trinajstić information content (AvgIpc) is 2.89. The van der Waals surface area contributed by atoms with Crippen LogP contribution in [-0.4, -0.2) is 40.0 Å². The van der Waals surface area contributed by atoms with E-state index in [0.29, 0.717) is 6.54 Å². The van der Waals surface area contributed by atoms with Gasteiger partial charge in [0.1, 0.15) is 0 Å². The summed E-state index contributed by atoms with van der Waals surface area (Å²) < 4.78 is 0. The molecular weight excluding hydrogens is 246 g/mol. The van der Waals surface area contributed by atoms with E-state index in [1.54, 1.807) is 11.8 Å². The number of aryl methyl sites for hydroxylation is 1. The van der Waals surface area contributed by atoms with Crippen molar-refractivity contribution in [3.63, 3.8) is 0 Å². The number of hydrogen-bond acceptors (Lipinski definition) is 4. The van der Waals surface area contributed by atoms with E-state index in [0.717, 1.165) is 29.6 Å². The molecule has 1 amide bonds. The van der Waals surface area contributed by atoms with E-state index in [9.17, 15) is 4.79 Å². The topological polar surface area (TPSA) is 45.2 Å². The van der Waals surface area contributed by atoms with Crippen molar-refractivity contribution in [3.05, 3.63) is 29.6 Å². The van der Waals surface area contributed by atoms with Crippen LogP contribution in [-0.2, 0) is 11.3 Å². The van der Waals surface area contributed by atoms with Crippen molar-refractivity contribution < 1.29 is 4.79 Å². The smallest absolute Gasteiger partial charge is 0.240 e. The van der Waals surface area contributed by atoms with Crippen LogP contribution in [0, 0.1) is 6.92 Å². The van der Waals surface area contributed by atoms with Crippen LogP contribution in [0.4, 0.5) is 0 Å². The van der Waals surface area contributed by atoms with Gasteiger partial charge < -0.3 is 4.90 Å². The summed E-state index contributed by atoms with van der Waals surface area (Å²) in [4.78, 5) is 18.6. The van der Waals surface area contributed by atoms with Gasteiger partial charge in [0.05, 0.1) is 18.3 Å². The Morgan fingerprint density at radius 3 is 3.06 bits per heavy atom. The molecule has 0 radical (unpaired) electrons. The number of nitrogens with one attached hydrogen (secondary N) is 1. The van der Waals surface area contributed by atoms with Crippen LogP contribution in [0.2, 0.25) is 0 Å². The molecule has 0 aliphatic carbocycles. The van der Waals surface area contributed by atoms with Gasteiger partial charge >= 0.3 is 0 Å². The Hall–Kier alpha value is -1.07. The highest BCUT2D eigenvalue weighted by atomic mass is 32.2. The summed E-state index contributed by atoms with van der Waals surface area (Å²) in [5.41, 5.74) is 1.95. The van der Waals surface area contributed by atoms with Gasteiger partial charge in [-0.15, -0.1) is 11.8 Å². The summed E-state index contributed by atoms with van der Waals surface area (Å²) in [7, 11) is 0. The van der Waals surface area contributed by atoms with Crippen LogP contribution in [0.1, 0.15) is 18.3 Å². The van der Waals surface area contributed by atoms with Crippen LogP contribution in [0.5, 0.6) is 0 Å². The molecule has 1 unspecified atom stereocenters. The van der Waals surface area contributed by atoms with Crippen molar-refractivity contribution >= 4 is 17.7 Å². The first-order valence-corrected chi connectivity index (χ1v) is 7.38. The first-order valence-electron chi connectivity index (χ1n) is 6.23. The van der Waals surface area contributed by atoms with E-state index in [4.69, 9.17) is 0 Å². The molecule has 0 bridgehead atoms. The van der Waals surface area contributed by atoms with Gasteiger partial charge in [-0.25, -0.2) is 0 Å². The lowest BCUT2D eigenvalue weighted by Gasteiger charge is -2.23. The monoisotopic (exact) mass is 265 g/mol. The molecular formula is C13H19N3OS. The zero-order valence-electron chi connectivity index (χ0n) is 10.8. The lowest BCUT2D eigenvalue weighted by Crippen LogP contribution is -2.44. The summed E-state index contributed by atoms with van der Waals surface area (Å²) in [6.07, 6.45) is 0. The van der Waals surface area contributed by atoms with Crippen molar-refractivity contribution in [3.8, 4) is 0 Å². The van der Waals surface area contributed by atoms with E-state index < -0.39 is 0 Å². The maximum absolute atomic E-state index is 12.3. The molecule has 2 rings (SSSR count). The molecule has 1 N–H and O–H groups in total. The number of thioether (sulfide) groups is 1. The van der Waals surface area contributed by atoms with Crippen molar-refractivity contribution in [2.24, 2.45) is 0 Å². The molecule has 1 fully saturated rings. The highest BCUT2D eigenvalue weighted by Crippen LogP contribution is 2.13. The summed E-state index contributed by atoms with van der Waals surface area (Å²) in [6, 6.07) is 5.90. The van der Waals surface area contributed by atoms with Gasteiger partial charge in [0.25, 0.3) is 0 Å². The molecule has 18 heavy (non-hydrogen) atoms. The zero-order valence-corrected chi connectivity index (χ0v) is 11.7. The number of likely N-dealkylation sites (N-methyl/N-ethyl adjacent to an activating group) is 1. The second kappa shape index (κ2) is 6.20. The summed E-state index contributed by atoms with van der Waals surface area (Å²) >= 11 is 1.77. The molecule has 1 atom stereocenters. The number of hydrogen-bond donors (Lipinski definition) is 1. The van der Waals surface area contributed by atoms with Gasteiger partial charge in [-0.1, -0.05) is 6.07 Å². The number of rotatable bonds is 4.